The Morgan fingerprint density at radius 1 is 1.22 bits per heavy atom. The molecule has 0 saturated carbocycles. The number of nitrogens with zero attached hydrogens (tertiary/aromatic N) is 2. The third kappa shape index (κ3) is 2.85. The molecular weight excluding hydrogens is 279 g/mol. The number of pyridine rings is 1. The minimum atomic E-state index is -0.497. The van der Waals surface area contributed by atoms with Crippen molar-refractivity contribution >= 4 is 34.9 Å². The summed E-state index contributed by atoms with van der Waals surface area (Å²) < 4.78 is 0. The lowest BCUT2D eigenvalue weighted by atomic mass is 10.2. The summed E-state index contributed by atoms with van der Waals surface area (Å²) in [6.07, 6.45) is 0. The molecule has 2 aromatic rings. The van der Waals surface area contributed by atoms with Crippen LogP contribution in [0, 0.1) is 0 Å². The standard InChI is InChI=1S/C10H6Cl2N4O2/c11-6-2-1-5(9(12)13-6)10(18)14-7-3-4-8(17)16-15-7/h1-4H,(H,16,17)(H,14,15,18). The highest BCUT2D eigenvalue weighted by Crippen LogP contribution is 2.17. The van der Waals surface area contributed by atoms with Crippen molar-refractivity contribution in [2.45, 2.75) is 0 Å². The Hall–Kier alpha value is -1.92. The van der Waals surface area contributed by atoms with Gasteiger partial charge in [-0.25, -0.2) is 10.1 Å². The fourth-order valence-electron chi connectivity index (χ4n) is 1.18. The van der Waals surface area contributed by atoms with E-state index in [-0.39, 0.29) is 27.2 Å². The van der Waals surface area contributed by atoms with E-state index in [1.54, 1.807) is 0 Å². The molecule has 92 valence electrons. The van der Waals surface area contributed by atoms with Crippen LogP contribution in [0.3, 0.4) is 0 Å². The molecule has 0 aliphatic heterocycles. The van der Waals surface area contributed by atoms with E-state index in [0.717, 1.165) is 0 Å². The van der Waals surface area contributed by atoms with Gasteiger partial charge in [0, 0.05) is 6.07 Å². The summed E-state index contributed by atoms with van der Waals surface area (Å²) in [7, 11) is 0. The van der Waals surface area contributed by atoms with Gasteiger partial charge in [-0.3, -0.25) is 9.59 Å². The average Bonchev–Trinajstić information content (AvgIpc) is 2.32. The Morgan fingerprint density at radius 3 is 2.61 bits per heavy atom. The lowest BCUT2D eigenvalue weighted by molar-refractivity contribution is 0.102. The first-order valence-electron chi connectivity index (χ1n) is 4.75. The van der Waals surface area contributed by atoms with Gasteiger partial charge < -0.3 is 5.32 Å². The van der Waals surface area contributed by atoms with Crippen molar-refractivity contribution in [2.75, 3.05) is 5.32 Å². The number of aromatic amines is 1. The van der Waals surface area contributed by atoms with Crippen LogP contribution in [0.15, 0.2) is 29.1 Å². The fraction of sp³-hybridized carbons (Fsp3) is 0. The molecule has 1 amide bonds. The molecule has 18 heavy (non-hydrogen) atoms. The summed E-state index contributed by atoms with van der Waals surface area (Å²) in [4.78, 5) is 26.4. The number of rotatable bonds is 2. The third-order valence-electron chi connectivity index (χ3n) is 1.98. The van der Waals surface area contributed by atoms with Gasteiger partial charge in [0.1, 0.15) is 10.3 Å². The Morgan fingerprint density at radius 2 is 2.00 bits per heavy atom. The monoisotopic (exact) mass is 284 g/mol. The van der Waals surface area contributed by atoms with Crippen LogP contribution in [-0.4, -0.2) is 21.1 Å². The highest BCUT2D eigenvalue weighted by atomic mass is 35.5. The molecule has 0 aliphatic rings. The Bertz CT molecular complexity index is 636. The molecule has 0 unspecified atom stereocenters. The van der Waals surface area contributed by atoms with Gasteiger partial charge in [-0.1, -0.05) is 23.2 Å². The summed E-state index contributed by atoms with van der Waals surface area (Å²) >= 11 is 11.4. The molecule has 0 bridgehead atoms. The number of nitrogens with one attached hydrogen (secondary N) is 2. The van der Waals surface area contributed by atoms with E-state index < -0.39 is 5.91 Å². The van der Waals surface area contributed by atoms with Crippen LogP contribution in [0.1, 0.15) is 10.4 Å². The van der Waals surface area contributed by atoms with Gasteiger partial charge in [0.15, 0.2) is 5.82 Å². The topological polar surface area (TPSA) is 87.7 Å². The quantitative estimate of drug-likeness (QED) is 0.822. The van der Waals surface area contributed by atoms with Crippen LogP contribution < -0.4 is 10.9 Å². The lowest BCUT2D eigenvalue weighted by Crippen LogP contribution is -2.16. The molecule has 0 aromatic carbocycles. The molecule has 0 spiro atoms. The van der Waals surface area contributed by atoms with Crippen LogP contribution in [-0.2, 0) is 0 Å². The molecule has 2 heterocycles. The van der Waals surface area contributed by atoms with E-state index in [9.17, 15) is 9.59 Å². The van der Waals surface area contributed by atoms with Crippen LogP contribution in [0.25, 0.3) is 0 Å². The summed E-state index contributed by atoms with van der Waals surface area (Å²) in [5.41, 5.74) is -0.201. The zero-order valence-electron chi connectivity index (χ0n) is 8.78. The molecule has 0 aliphatic carbocycles. The van der Waals surface area contributed by atoms with E-state index in [2.05, 4.69) is 20.5 Å². The fourth-order valence-corrected chi connectivity index (χ4v) is 1.61. The maximum Gasteiger partial charge on any atom is 0.264 e. The van der Waals surface area contributed by atoms with Crippen LogP contribution in [0.2, 0.25) is 10.3 Å². The molecule has 2 aromatic heterocycles. The van der Waals surface area contributed by atoms with Crippen LogP contribution in [0.4, 0.5) is 5.82 Å². The second kappa shape index (κ2) is 5.16. The molecule has 2 N–H and O–H groups in total. The van der Waals surface area contributed by atoms with E-state index in [1.807, 2.05) is 0 Å². The first-order chi connectivity index (χ1) is 8.56. The first kappa shape index (κ1) is 12.5. The van der Waals surface area contributed by atoms with Gasteiger partial charge in [0.05, 0.1) is 5.56 Å². The molecule has 0 fully saturated rings. The van der Waals surface area contributed by atoms with Crippen molar-refractivity contribution in [3.8, 4) is 0 Å². The predicted octanol–water partition coefficient (Wildman–Crippen LogP) is 1.72. The summed E-state index contributed by atoms with van der Waals surface area (Å²) in [5.74, 6) is -0.297. The number of hydrogen-bond acceptors (Lipinski definition) is 4. The Kier molecular flexibility index (Phi) is 3.59. The first-order valence-corrected chi connectivity index (χ1v) is 5.51. The lowest BCUT2D eigenvalue weighted by Gasteiger charge is -2.04. The van der Waals surface area contributed by atoms with Crippen molar-refractivity contribution in [3.05, 3.63) is 50.5 Å². The molecule has 0 radical (unpaired) electrons. The Balaban J connectivity index is 2.22. The maximum absolute atomic E-state index is 11.8. The van der Waals surface area contributed by atoms with Crippen molar-refractivity contribution in [3.63, 3.8) is 0 Å². The summed E-state index contributed by atoms with van der Waals surface area (Å²) in [5, 5.41) is 8.46. The zero-order valence-corrected chi connectivity index (χ0v) is 10.3. The number of anilines is 1. The van der Waals surface area contributed by atoms with Gasteiger partial charge in [-0.15, -0.1) is 0 Å². The molecule has 0 saturated heterocycles. The van der Waals surface area contributed by atoms with Gasteiger partial charge >= 0.3 is 0 Å². The van der Waals surface area contributed by atoms with Crippen LogP contribution >= 0.6 is 23.2 Å². The third-order valence-corrected chi connectivity index (χ3v) is 2.48. The number of H-pyrrole nitrogens is 1. The molecular formula is C10H6Cl2N4O2. The zero-order chi connectivity index (χ0) is 13.1. The van der Waals surface area contributed by atoms with E-state index >= 15 is 0 Å². The van der Waals surface area contributed by atoms with Crippen LogP contribution in [0.5, 0.6) is 0 Å². The maximum atomic E-state index is 11.8. The number of halogens is 2. The van der Waals surface area contributed by atoms with Gasteiger partial charge in [0.2, 0.25) is 0 Å². The molecule has 8 heteroatoms. The Labute approximate surface area is 111 Å². The molecule has 6 nitrogen and oxygen atoms in total. The minimum absolute atomic E-state index is 0.00979. The normalized spacial score (nSPS) is 10.1. The SMILES string of the molecule is O=C(Nc1ccc(=O)[nH]n1)c1ccc(Cl)nc1Cl. The highest BCUT2D eigenvalue weighted by molar-refractivity contribution is 6.35. The minimum Gasteiger partial charge on any atom is -0.305 e. The second-order valence-electron chi connectivity index (χ2n) is 3.23. The van der Waals surface area contributed by atoms with E-state index in [4.69, 9.17) is 23.2 Å². The van der Waals surface area contributed by atoms with Gasteiger partial charge in [-0.2, -0.15) is 5.10 Å². The number of aromatic nitrogens is 3. The average molecular weight is 285 g/mol. The highest BCUT2D eigenvalue weighted by Gasteiger charge is 2.12. The number of hydrogen-bond donors (Lipinski definition) is 2. The summed E-state index contributed by atoms with van der Waals surface area (Å²) in [6, 6.07) is 5.50. The number of amides is 1. The van der Waals surface area contributed by atoms with Crippen molar-refractivity contribution < 1.29 is 4.79 Å². The van der Waals surface area contributed by atoms with Crippen molar-refractivity contribution in [1.82, 2.24) is 15.2 Å². The summed E-state index contributed by atoms with van der Waals surface area (Å²) in [6.45, 7) is 0. The van der Waals surface area contributed by atoms with Crippen molar-refractivity contribution in [1.29, 1.82) is 0 Å². The molecule has 2 rings (SSSR count). The second-order valence-corrected chi connectivity index (χ2v) is 3.98. The van der Waals surface area contributed by atoms with Gasteiger partial charge in [0.25, 0.3) is 11.5 Å². The number of carbonyl (C=O) groups is 1. The smallest absolute Gasteiger partial charge is 0.264 e. The van der Waals surface area contributed by atoms with E-state index in [0.29, 0.717) is 0 Å². The van der Waals surface area contributed by atoms with Crippen molar-refractivity contribution in [2.24, 2.45) is 0 Å². The van der Waals surface area contributed by atoms with Gasteiger partial charge in [-0.05, 0) is 18.2 Å². The molecule has 0 atom stereocenters. The number of carbonyl (C=O) groups excluding carboxylic acids is 1. The predicted molar refractivity (Wildman–Crippen MR) is 67.1 cm³/mol. The largest absolute Gasteiger partial charge is 0.305 e. The van der Waals surface area contributed by atoms with E-state index in [1.165, 1.54) is 24.3 Å².